The molecule has 1 aromatic carbocycles. The Kier molecular flexibility index (Phi) is 3.46. The number of rotatable bonds is 2. The Labute approximate surface area is 129 Å². The molecule has 3 aromatic rings. The molecule has 0 aliphatic carbocycles. The van der Waals surface area contributed by atoms with Gasteiger partial charge in [0, 0.05) is 16.2 Å². The maximum atomic E-state index is 6.29. The molecule has 0 spiro atoms. The van der Waals surface area contributed by atoms with E-state index in [1.54, 1.807) is 6.20 Å². The van der Waals surface area contributed by atoms with Gasteiger partial charge in [0.2, 0.25) is 0 Å². The minimum atomic E-state index is 0.401. The number of nitrogen functional groups attached to an aromatic ring is 1. The molecule has 0 unspecified atom stereocenters. The Morgan fingerprint density at radius 1 is 1.20 bits per heavy atom. The maximum Gasteiger partial charge on any atom is 0.155 e. The summed E-state index contributed by atoms with van der Waals surface area (Å²) in [4.78, 5) is 4.32. The second-order valence-electron chi connectivity index (χ2n) is 4.20. The van der Waals surface area contributed by atoms with Crippen LogP contribution in [0.3, 0.4) is 0 Å². The molecule has 2 heterocycles. The fraction of sp³-hybridized carbons (Fsp3) is 0. The first-order chi connectivity index (χ1) is 9.66. The van der Waals surface area contributed by atoms with Gasteiger partial charge in [-0.25, -0.2) is 0 Å². The molecule has 20 heavy (non-hydrogen) atoms. The van der Waals surface area contributed by atoms with Crippen molar-refractivity contribution in [3.05, 3.63) is 52.1 Å². The zero-order valence-electron chi connectivity index (χ0n) is 10.3. The molecule has 3 N–H and O–H groups in total. The number of nitrogens with zero attached hydrogens (tertiary/aromatic N) is 2. The van der Waals surface area contributed by atoms with Gasteiger partial charge >= 0.3 is 0 Å². The van der Waals surface area contributed by atoms with E-state index in [4.69, 9.17) is 17.3 Å². The number of hydrogen-bond acceptors (Lipinski definition) is 3. The van der Waals surface area contributed by atoms with Gasteiger partial charge in [0.15, 0.2) is 5.82 Å². The van der Waals surface area contributed by atoms with E-state index < -0.39 is 0 Å². The molecular weight excluding hydrogens is 340 g/mol. The van der Waals surface area contributed by atoms with E-state index in [2.05, 4.69) is 31.1 Å². The van der Waals surface area contributed by atoms with E-state index in [1.807, 2.05) is 36.4 Å². The van der Waals surface area contributed by atoms with E-state index in [-0.39, 0.29) is 0 Å². The lowest BCUT2D eigenvalue weighted by Crippen LogP contribution is -1.91. The van der Waals surface area contributed by atoms with Gasteiger partial charge in [0.1, 0.15) is 0 Å². The molecule has 0 amide bonds. The van der Waals surface area contributed by atoms with E-state index >= 15 is 0 Å². The molecule has 0 bridgehead atoms. The van der Waals surface area contributed by atoms with Crippen LogP contribution in [0.1, 0.15) is 0 Å². The average Bonchev–Trinajstić information content (AvgIpc) is 2.81. The molecule has 0 radical (unpaired) electrons. The Morgan fingerprint density at radius 3 is 2.75 bits per heavy atom. The molecule has 100 valence electrons. The normalized spacial score (nSPS) is 10.7. The van der Waals surface area contributed by atoms with Crippen LogP contribution < -0.4 is 5.73 Å². The van der Waals surface area contributed by atoms with Crippen LogP contribution in [0.2, 0.25) is 5.02 Å². The van der Waals surface area contributed by atoms with Gasteiger partial charge in [-0.3, -0.25) is 10.1 Å². The smallest absolute Gasteiger partial charge is 0.155 e. The molecular formula is C14H10BrClN4. The summed E-state index contributed by atoms with van der Waals surface area (Å²) in [5.41, 5.74) is 9.07. The average molecular weight is 350 g/mol. The SMILES string of the molecule is Nc1n[nH]c(-c2ccc(Br)cc2Cl)c1-c1ccccn1. The highest BCUT2D eigenvalue weighted by molar-refractivity contribution is 9.10. The predicted octanol–water partition coefficient (Wildman–Crippen LogP) is 4.14. The van der Waals surface area contributed by atoms with Gasteiger partial charge in [0.05, 0.1) is 22.0 Å². The van der Waals surface area contributed by atoms with Crippen LogP contribution in [0.5, 0.6) is 0 Å². The van der Waals surface area contributed by atoms with Gasteiger partial charge in [-0.1, -0.05) is 39.7 Å². The van der Waals surface area contributed by atoms with E-state index in [9.17, 15) is 0 Å². The summed E-state index contributed by atoms with van der Waals surface area (Å²) in [5, 5.41) is 7.62. The Bertz CT molecular complexity index is 755. The highest BCUT2D eigenvalue weighted by Gasteiger charge is 2.17. The van der Waals surface area contributed by atoms with E-state index in [0.29, 0.717) is 10.8 Å². The topological polar surface area (TPSA) is 67.6 Å². The zero-order chi connectivity index (χ0) is 14.1. The van der Waals surface area contributed by atoms with Crippen molar-refractivity contribution < 1.29 is 0 Å². The van der Waals surface area contributed by atoms with Gasteiger partial charge in [-0.2, -0.15) is 5.10 Å². The van der Waals surface area contributed by atoms with Gasteiger partial charge in [-0.05, 0) is 24.3 Å². The fourth-order valence-corrected chi connectivity index (χ4v) is 2.78. The largest absolute Gasteiger partial charge is 0.382 e. The van der Waals surface area contributed by atoms with Crippen LogP contribution in [-0.2, 0) is 0 Å². The first-order valence-electron chi connectivity index (χ1n) is 5.87. The van der Waals surface area contributed by atoms with Crippen LogP contribution in [0.25, 0.3) is 22.5 Å². The van der Waals surface area contributed by atoms with Gasteiger partial charge < -0.3 is 5.73 Å². The molecule has 0 fully saturated rings. The molecule has 0 aliphatic rings. The zero-order valence-corrected chi connectivity index (χ0v) is 12.6. The van der Waals surface area contributed by atoms with Crippen molar-refractivity contribution in [1.29, 1.82) is 0 Å². The number of benzene rings is 1. The molecule has 0 saturated carbocycles. The summed E-state index contributed by atoms with van der Waals surface area (Å²) in [5.74, 6) is 0.401. The third kappa shape index (κ3) is 2.30. The maximum absolute atomic E-state index is 6.29. The summed E-state index contributed by atoms with van der Waals surface area (Å²) >= 11 is 9.68. The second kappa shape index (κ2) is 5.26. The lowest BCUT2D eigenvalue weighted by atomic mass is 10.0. The number of H-pyrrole nitrogens is 1. The van der Waals surface area contributed by atoms with Crippen LogP contribution in [0, 0.1) is 0 Å². The van der Waals surface area contributed by atoms with Gasteiger partial charge in [-0.15, -0.1) is 0 Å². The number of pyridine rings is 1. The number of nitrogens with two attached hydrogens (primary N) is 1. The van der Waals surface area contributed by atoms with E-state index in [0.717, 1.165) is 27.0 Å². The summed E-state index contributed by atoms with van der Waals surface area (Å²) in [7, 11) is 0. The minimum absolute atomic E-state index is 0.401. The summed E-state index contributed by atoms with van der Waals surface area (Å²) in [6.07, 6.45) is 1.72. The molecule has 4 nitrogen and oxygen atoms in total. The van der Waals surface area contributed by atoms with Crippen molar-refractivity contribution in [2.75, 3.05) is 5.73 Å². The van der Waals surface area contributed by atoms with Crippen LogP contribution in [0.15, 0.2) is 47.1 Å². The van der Waals surface area contributed by atoms with Crippen LogP contribution in [-0.4, -0.2) is 15.2 Å². The third-order valence-electron chi connectivity index (χ3n) is 2.92. The standard InChI is InChI=1S/C14H10BrClN4/c15-8-4-5-9(10(16)7-8)13-12(14(17)20-19-13)11-3-1-2-6-18-11/h1-7H,(H3,17,19,20). The summed E-state index contributed by atoms with van der Waals surface area (Å²) < 4.78 is 0.915. The van der Waals surface area contributed by atoms with Crippen molar-refractivity contribution in [1.82, 2.24) is 15.2 Å². The monoisotopic (exact) mass is 348 g/mol. The Morgan fingerprint density at radius 2 is 2.05 bits per heavy atom. The number of anilines is 1. The van der Waals surface area contributed by atoms with E-state index in [1.165, 1.54) is 0 Å². The summed E-state index contributed by atoms with van der Waals surface area (Å²) in [6.45, 7) is 0. The lowest BCUT2D eigenvalue weighted by Gasteiger charge is -2.06. The third-order valence-corrected chi connectivity index (χ3v) is 3.72. The fourth-order valence-electron chi connectivity index (χ4n) is 2.01. The van der Waals surface area contributed by atoms with Crippen LogP contribution >= 0.6 is 27.5 Å². The molecule has 3 rings (SSSR count). The first-order valence-corrected chi connectivity index (χ1v) is 7.04. The molecule has 6 heteroatoms. The molecule has 0 atom stereocenters. The van der Waals surface area contributed by atoms with Crippen molar-refractivity contribution in [2.45, 2.75) is 0 Å². The number of hydrogen-bond donors (Lipinski definition) is 2. The Balaban J connectivity index is 2.21. The highest BCUT2D eigenvalue weighted by atomic mass is 79.9. The van der Waals surface area contributed by atoms with Crippen molar-refractivity contribution >= 4 is 33.3 Å². The molecule has 0 aliphatic heterocycles. The molecule has 2 aromatic heterocycles. The predicted molar refractivity (Wildman–Crippen MR) is 84.4 cm³/mol. The van der Waals surface area contributed by atoms with Crippen LogP contribution in [0.4, 0.5) is 5.82 Å². The minimum Gasteiger partial charge on any atom is -0.382 e. The number of nitrogens with one attached hydrogen (secondary N) is 1. The lowest BCUT2D eigenvalue weighted by molar-refractivity contribution is 1.10. The highest BCUT2D eigenvalue weighted by Crippen LogP contribution is 2.37. The number of aromatic nitrogens is 3. The number of aromatic amines is 1. The van der Waals surface area contributed by atoms with Crippen molar-refractivity contribution in [2.24, 2.45) is 0 Å². The number of halogens is 2. The van der Waals surface area contributed by atoms with Gasteiger partial charge in [0.25, 0.3) is 0 Å². The first kappa shape index (κ1) is 13.1. The Hall–Kier alpha value is -1.85. The van der Waals surface area contributed by atoms with Crippen molar-refractivity contribution in [3.63, 3.8) is 0 Å². The van der Waals surface area contributed by atoms with Crippen molar-refractivity contribution in [3.8, 4) is 22.5 Å². The second-order valence-corrected chi connectivity index (χ2v) is 5.52. The quantitative estimate of drug-likeness (QED) is 0.730. The summed E-state index contributed by atoms with van der Waals surface area (Å²) in [6, 6.07) is 11.3. The molecule has 0 saturated heterocycles.